The van der Waals surface area contributed by atoms with E-state index in [1.165, 1.54) is 4.90 Å². The highest BCUT2D eigenvalue weighted by atomic mass is 16.5. The number of ether oxygens (including phenoxy) is 1. The van der Waals surface area contributed by atoms with Crippen LogP contribution in [0.4, 0.5) is 11.4 Å². The molecular formula is C23H25N3O4. The molecule has 156 valence electrons. The van der Waals surface area contributed by atoms with Gasteiger partial charge in [0, 0.05) is 25.2 Å². The Bertz CT molecular complexity index is 940. The number of benzene rings is 2. The van der Waals surface area contributed by atoms with Crippen molar-refractivity contribution in [3.63, 3.8) is 0 Å². The van der Waals surface area contributed by atoms with Gasteiger partial charge in [0.25, 0.3) is 5.91 Å². The zero-order valence-corrected chi connectivity index (χ0v) is 17.0. The first-order valence-electron chi connectivity index (χ1n) is 10.3. The number of carbonyl (C=O) groups excluding carboxylic acids is 3. The van der Waals surface area contributed by atoms with Crippen molar-refractivity contribution >= 4 is 29.1 Å². The molecule has 0 spiro atoms. The highest BCUT2D eigenvalue weighted by molar-refractivity contribution is 6.22. The molecule has 1 N–H and O–H groups in total. The van der Waals surface area contributed by atoms with Crippen LogP contribution in [0.3, 0.4) is 0 Å². The van der Waals surface area contributed by atoms with Crippen molar-refractivity contribution in [2.75, 3.05) is 23.0 Å². The number of nitrogens with zero attached hydrogens (tertiary/aromatic N) is 2. The molecule has 0 aromatic heterocycles. The number of amides is 3. The molecule has 2 aromatic carbocycles. The quantitative estimate of drug-likeness (QED) is 0.714. The summed E-state index contributed by atoms with van der Waals surface area (Å²) in [6.07, 6.45) is 1.63. The number of hydrogen-bond acceptors (Lipinski definition) is 5. The first kappa shape index (κ1) is 20.1. The maximum absolute atomic E-state index is 12.8. The van der Waals surface area contributed by atoms with Crippen LogP contribution in [0.1, 0.15) is 31.7 Å². The van der Waals surface area contributed by atoms with E-state index in [2.05, 4.69) is 5.32 Å². The largest absolute Gasteiger partial charge is 0.494 e. The summed E-state index contributed by atoms with van der Waals surface area (Å²) in [6.45, 7) is 3.69. The second-order valence-corrected chi connectivity index (χ2v) is 7.45. The van der Waals surface area contributed by atoms with Gasteiger partial charge < -0.3 is 15.0 Å². The number of nitrogens with one attached hydrogen (secondary N) is 1. The van der Waals surface area contributed by atoms with E-state index in [4.69, 9.17) is 4.74 Å². The summed E-state index contributed by atoms with van der Waals surface area (Å²) in [7, 11) is 0. The second kappa shape index (κ2) is 8.67. The van der Waals surface area contributed by atoms with Gasteiger partial charge in [-0.1, -0.05) is 12.1 Å². The van der Waals surface area contributed by atoms with Crippen LogP contribution in [0.5, 0.6) is 5.75 Å². The molecule has 0 unspecified atom stereocenters. The lowest BCUT2D eigenvalue weighted by Gasteiger charge is -2.17. The zero-order chi connectivity index (χ0) is 21.1. The number of anilines is 2. The van der Waals surface area contributed by atoms with Gasteiger partial charge in [-0.25, -0.2) is 4.90 Å². The Morgan fingerprint density at radius 1 is 0.967 bits per heavy atom. The molecule has 2 aliphatic rings. The third kappa shape index (κ3) is 4.07. The summed E-state index contributed by atoms with van der Waals surface area (Å²) >= 11 is 0. The fourth-order valence-corrected chi connectivity index (χ4v) is 3.88. The van der Waals surface area contributed by atoms with E-state index in [1.54, 1.807) is 29.2 Å². The third-order valence-electron chi connectivity index (χ3n) is 5.43. The van der Waals surface area contributed by atoms with Crippen molar-refractivity contribution in [3.05, 3.63) is 54.1 Å². The van der Waals surface area contributed by atoms with Crippen molar-refractivity contribution < 1.29 is 19.1 Å². The molecule has 7 nitrogen and oxygen atoms in total. The smallest absolute Gasteiger partial charge is 0.251 e. The van der Waals surface area contributed by atoms with Crippen LogP contribution in [0.25, 0.3) is 0 Å². The molecule has 4 rings (SSSR count). The molecule has 7 heteroatoms. The third-order valence-corrected chi connectivity index (χ3v) is 5.43. The summed E-state index contributed by atoms with van der Waals surface area (Å²) in [5, 5.41) is 3.19. The van der Waals surface area contributed by atoms with Crippen LogP contribution in [-0.2, 0) is 20.9 Å². The van der Waals surface area contributed by atoms with Gasteiger partial charge in [-0.3, -0.25) is 14.4 Å². The molecule has 0 bridgehead atoms. The Kier molecular flexibility index (Phi) is 5.81. The highest BCUT2D eigenvalue weighted by Gasteiger charge is 2.39. The van der Waals surface area contributed by atoms with Gasteiger partial charge >= 0.3 is 0 Å². The van der Waals surface area contributed by atoms with Gasteiger partial charge in [-0.05, 0) is 55.3 Å². The van der Waals surface area contributed by atoms with Crippen molar-refractivity contribution in [3.8, 4) is 5.75 Å². The molecular weight excluding hydrogens is 382 g/mol. The van der Waals surface area contributed by atoms with E-state index in [1.807, 2.05) is 31.2 Å². The van der Waals surface area contributed by atoms with Gasteiger partial charge in [-0.15, -0.1) is 0 Å². The van der Waals surface area contributed by atoms with Crippen LogP contribution in [0.2, 0.25) is 0 Å². The van der Waals surface area contributed by atoms with Crippen LogP contribution >= 0.6 is 0 Å². The molecule has 30 heavy (non-hydrogen) atoms. The Labute approximate surface area is 175 Å². The zero-order valence-electron chi connectivity index (χ0n) is 17.0. The van der Waals surface area contributed by atoms with Crippen molar-refractivity contribution in [2.24, 2.45) is 0 Å². The molecule has 2 aliphatic heterocycles. The van der Waals surface area contributed by atoms with E-state index < -0.39 is 6.04 Å². The van der Waals surface area contributed by atoms with Gasteiger partial charge in [0.15, 0.2) is 0 Å². The van der Waals surface area contributed by atoms with Gasteiger partial charge in [0.1, 0.15) is 5.75 Å². The predicted octanol–water partition coefficient (Wildman–Crippen LogP) is 2.63. The lowest BCUT2D eigenvalue weighted by molar-refractivity contribution is -0.122. The van der Waals surface area contributed by atoms with Crippen molar-refractivity contribution in [1.29, 1.82) is 0 Å². The average molecular weight is 407 g/mol. The Morgan fingerprint density at radius 2 is 1.67 bits per heavy atom. The normalized spacial score (nSPS) is 19.1. The van der Waals surface area contributed by atoms with E-state index >= 15 is 0 Å². The molecule has 0 aliphatic carbocycles. The maximum Gasteiger partial charge on any atom is 0.251 e. The molecule has 2 heterocycles. The van der Waals surface area contributed by atoms with E-state index in [0.29, 0.717) is 31.0 Å². The molecule has 2 aromatic rings. The van der Waals surface area contributed by atoms with Gasteiger partial charge in [-0.2, -0.15) is 0 Å². The summed E-state index contributed by atoms with van der Waals surface area (Å²) in [4.78, 5) is 40.1. The highest BCUT2D eigenvalue weighted by Crippen LogP contribution is 2.26. The van der Waals surface area contributed by atoms with Gasteiger partial charge in [0.05, 0.1) is 24.8 Å². The first-order valence-corrected chi connectivity index (χ1v) is 10.3. The Balaban J connectivity index is 1.37. The number of hydrogen-bond donors (Lipinski definition) is 1. The topological polar surface area (TPSA) is 79.0 Å². The van der Waals surface area contributed by atoms with E-state index in [9.17, 15) is 14.4 Å². The maximum atomic E-state index is 12.8. The summed E-state index contributed by atoms with van der Waals surface area (Å²) in [5.41, 5.74) is 2.44. The number of carbonyl (C=O) groups is 3. The Morgan fingerprint density at radius 3 is 2.30 bits per heavy atom. The van der Waals surface area contributed by atoms with Crippen LogP contribution in [0.15, 0.2) is 48.5 Å². The minimum absolute atomic E-state index is 0.131. The Hall–Kier alpha value is -3.19. The summed E-state index contributed by atoms with van der Waals surface area (Å²) in [5.74, 6) is 0.396. The molecule has 0 saturated carbocycles. The SMILES string of the molecule is CCOc1ccc(N2C(=O)C[C@@H](NCc3ccc(N4CCCC4=O)cc3)C2=O)cc1. The monoisotopic (exact) mass is 407 g/mol. The number of rotatable bonds is 7. The van der Waals surface area contributed by atoms with Crippen LogP contribution in [-0.4, -0.2) is 36.9 Å². The summed E-state index contributed by atoms with van der Waals surface area (Å²) < 4.78 is 5.41. The van der Waals surface area contributed by atoms with E-state index in [-0.39, 0.29) is 24.1 Å². The summed E-state index contributed by atoms with van der Waals surface area (Å²) in [6, 6.07) is 14.1. The van der Waals surface area contributed by atoms with Gasteiger partial charge in [0.2, 0.25) is 11.8 Å². The molecule has 1 atom stereocenters. The fraction of sp³-hybridized carbons (Fsp3) is 0.348. The molecule has 2 fully saturated rings. The predicted molar refractivity (Wildman–Crippen MR) is 113 cm³/mol. The standard InChI is InChI=1S/C23H25N3O4/c1-2-30-19-11-9-18(10-12-19)26-22(28)14-20(23(26)29)24-15-16-5-7-17(8-6-16)25-13-3-4-21(25)27/h5-12,20,24H,2-4,13-15H2,1H3/t20-/m1/s1. The minimum atomic E-state index is -0.552. The molecule has 0 radical (unpaired) electrons. The first-order chi connectivity index (χ1) is 14.6. The van der Waals surface area contributed by atoms with Crippen molar-refractivity contribution in [2.45, 2.75) is 38.8 Å². The lowest BCUT2D eigenvalue weighted by Crippen LogP contribution is -2.38. The molecule has 2 saturated heterocycles. The fourth-order valence-electron chi connectivity index (χ4n) is 3.88. The van der Waals surface area contributed by atoms with Crippen LogP contribution < -0.4 is 19.9 Å². The van der Waals surface area contributed by atoms with Crippen LogP contribution in [0, 0.1) is 0 Å². The van der Waals surface area contributed by atoms with Crippen molar-refractivity contribution in [1.82, 2.24) is 5.32 Å². The lowest BCUT2D eigenvalue weighted by atomic mass is 10.1. The minimum Gasteiger partial charge on any atom is -0.494 e. The number of imide groups is 1. The molecule has 3 amide bonds. The second-order valence-electron chi connectivity index (χ2n) is 7.45. The average Bonchev–Trinajstić information content (AvgIpc) is 3.30. The van der Waals surface area contributed by atoms with E-state index in [0.717, 1.165) is 24.2 Å².